The predicted octanol–water partition coefficient (Wildman–Crippen LogP) is 4.80. The number of rotatable bonds is 11. The summed E-state index contributed by atoms with van der Waals surface area (Å²) in [5.41, 5.74) is 3.84. The lowest BCUT2D eigenvalue weighted by Crippen LogP contribution is -2.36. The smallest absolute Gasteiger partial charge is 0.248 e. The second-order valence-electron chi connectivity index (χ2n) is 9.86. The second kappa shape index (κ2) is 13.9. The van der Waals surface area contributed by atoms with Crippen molar-refractivity contribution in [1.29, 1.82) is 0 Å². The van der Waals surface area contributed by atoms with Crippen molar-refractivity contribution in [3.63, 3.8) is 0 Å². The highest BCUT2D eigenvalue weighted by atomic mass is 32.2. The van der Waals surface area contributed by atoms with Gasteiger partial charge in [0.25, 0.3) is 0 Å². The van der Waals surface area contributed by atoms with Crippen molar-refractivity contribution in [2.75, 3.05) is 44.0 Å². The Labute approximate surface area is 253 Å². The topological polar surface area (TPSA) is 128 Å². The number of aryl methyl sites for hydroxylation is 2. The van der Waals surface area contributed by atoms with Crippen molar-refractivity contribution < 1.29 is 23.8 Å². The molecule has 1 aliphatic carbocycles. The number of fused-ring (bicyclic) bond motifs is 3. The van der Waals surface area contributed by atoms with E-state index in [1.165, 1.54) is 24.3 Å². The van der Waals surface area contributed by atoms with E-state index in [2.05, 4.69) is 20.9 Å². The Morgan fingerprint density at radius 1 is 1.14 bits per heavy atom. The molecule has 1 heterocycles. The van der Waals surface area contributed by atoms with Gasteiger partial charge in [0.2, 0.25) is 23.0 Å². The summed E-state index contributed by atoms with van der Waals surface area (Å²) in [5, 5.41) is 11.4. The number of ether oxygens (including phenoxy) is 3. The number of carbonyl (C=O) groups excluding carboxylic acids is 2. The van der Waals surface area contributed by atoms with E-state index >= 15 is 0 Å². The van der Waals surface area contributed by atoms with E-state index in [-0.39, 0.29) is 22.9 Å². The molecule has 0 saturated carbocycles. The maximum Gasteiger partial charge on any atom is 0.248 e. The summed E-state index contributed by atoms with van der Waals surface area (Å²) in [4.78, 5) is 43.5. The number of benzene rings is 1. The number of anilines is 2. The summed E-state index contributed by atoms with van der Waals surface area (Å²) < 4.78 is 17.1. The number of carbonyl (C=O) groups is 2. The van der Waals surface area contributed by atoms with E-state index < -0.39 is 12.1 Å². The number of thiazole rings is 1. The quantitative estimate of drug-likeness (QED) is 0.280. The van der Waals surface area contributed by atoms with Crippen LogP contribution in [-0.2, 0) is 16.0 Å². The van der Waals surface area contributed by atoms with Crippen LogP contribution in [0.3, 0.4) is 0 Å². The molecule has 0 saturated heterocycles. The van der Waals surface area contributed by atoms with Gasteiger partial charge in [-0.2, -0.15) is 11.8 Å². The van der Waals surface area contributed by atoms with Crippen LogP contribution in [0.1, 0.15) is 42.6 Å². The van der Waals surface area contributed by atoms with Gasteiger partial charge in [0.15, 0.2) is 16.6 Å². The molecule has 12 heteroatoms. The molecule has 0 spiro atoms. The number of methoxy groups -OCH3 is 3. The first kappa shape index (κ1) is 31.2. The third-order valence-electron chi connectivity index (χ3n) is 7.02. The summed E-state index contributed by atoms with van der Waals surface area (Å²) >= 11 is 2.96. The minimum absolute atomic E-state index is 0.206. The number of aromatic nitrogens is 1. The SMILES string of the molecule is COc1cc2c(c(OC)c1OC)-c1ccc(N[C@@H](CCSC)C(=O)Nc3nc(C)cs3)c(=O)cc1[C@@H](NC(C)=O)CC2. The minimum atomic E-state index is -0.672. The van der Waals surface area contributed by atoms with Crippen LogP contribution in [0.15, 0.2) is 34.4 Å². The standard InChI is InChI=1S/C30H36N4O6S2/c1-16-15-42-30(31-16)34-29(37)23(11-12-41-6)33-22-10-8-19-20(14-24(22)36)21(32-17(2)35)9-7-18-13-25(38-3)27(39-4)28(40-5)26(18)19/h8,10,13-15,21,23H,7,9,11-12H2,1-6H3,(H,32,35)(H,33,36)(H,31,34,37)/t21-,23-/m0/s1. The molecule has 224 valence electrons. The van der Waals surface area contributed by atoms with Gasteiger partial charge in [0.05, 0.1) is 38.8 Å². The third-order valence-corrected chi connectivity index (χ3v) is 8.54. The van der Waals surface area contributed by atoms with Crippen LogP contribution in [0.2, 0.25) is 0 Å². The molecule has 0 bridgehead atoms. The molecule has 0 aliphatic heterocycles. The molecule has 10 nitrogen and oxygen atoms in total. The van der Waals surface area contributed by atoms with Gasteiger partial charge in [-0.1, -0.05) is 6.07 Å². The maximum absolute atomic E-state index is 13.7. The molecule has 4 rings (SSSR count). The van der Waals surface area contributed by atoms with Crippen LogP contribution < -0.4 is 35.6 Å². The number of nitrogens with zero attached hydrogens (tertiary/aromatic N) is 1. The number of hydrogen-bond donors (Lipinski definition) is 3. The van der Waals surface area contributed by atoms with E-state index in [0.717, 1.165) is 16.8 Å². The van der Waals surface area contributed by atoms with Crippen LogP contribution in [0.25, 0.3) is 11.1 Å². The molecule has 0 unspecified atom stereocenters. The Bertz CT molecular complexity index is 1530. The first-order valence-electron chi connectivity index (χ1n) is 13.5. The molecule has 3 aromatic rings. The summed E-state index contributed by atoms with van der Waals surface area (Å²) in [6, 6.07) is 5.86. The van der Waals surface area contributed by atoms with E-state index in [4.69, 9.17) is 14.2 Å². The lowest BCUT2D eigenvalue weighted by Gasteiger charge is -2.19. The van der Waals surface area contributed by atoms with Gasteiger partial charge in [0, 0.05) is 17.9 Å². The molecule has 2 atom stereocenters. The van der Waals surface area contributed by atoms with Crippen LogP contribution in [0, 0.1) is 6.92 Å². The summed E-state index contributed by atoms with van der Waals surface area (Å²) in [6.07, 6.45) is 3.61. The van der Waals surface area contributed by atoms with Gasteiger partial charge in [-0.05, 0) is 73.1 Å². The van der Waals surface area contributed by atoms with Crippen LogP contribution in [0.4, 0.5) is 10.8 Å². The van der Waals surface area contributed by atoms with Gasteiger partial charge in [0.1, 0.15) is 6.04 Å². The van der Waals surface area contributed by atoms with E-state index in [9.17, 15) is 14.4 Å². The fourth-order valence-electron chi connectivity index (χ4n) is 5.12. The zero-order chi connectivity index (χ0) is 30.4. The van der Waals surface area contributed by atoms with Gasteiger partial charge < -0.3 is 30.2 Å². The highest BCUT2D eigenvalue weighted by molar-refractivity contribution is 7.98. The van der Waals surface area contributed by atoms with Gasteiger partial charge in [-0.15, -0.1) is 11.3 Å². The Morgan fingerprint density at radius 2 is 1.90 bits per heavy atom. The lowest BCUT2D eigenvalue weighted by molar-refractivity contribution is -0.120. The van der Waals surface area contributed by atoms with Crippen molar-refractivity contribution in [2.45, 2.75) is 45.2 Å². The summed E-state index contributed by atoms with van der Waals surface area (Å²) in [5.74, 6) is 1.66. The van der Waals surface area contributed by atoms with Crippen LogP contribution >= 0.6 is 23.1 Å². The Kier molecular flexibility index (Phi) is 10.3. The first-order chi connectivity index (χ1) is 20.2. The van der Waals surface area contributed by atoms with Crippen molar-refractivity contribution in [3.05, 3.63) is 56.7 Å². The Hall–Kier alpha value is -3.77. The monoisotopic (exact) mass is 612 g/mol. The zero-order valence-corrected chi connectivity index (χ0v) is 26.2. The fraction of sp³-hybridized carbons (Fsp3) is 0.400. The van der Waals surface area contributed by atoms with Crippen molar-refractivity contribution in [1.82, 2.24) is 10.3 Å². The number of thioether (sulfide) groups is 1. The second-order valence-corrected chi connectivity index (χ2v) is 11.7. The average molecular weight is 613 g/mol. The molecule has 1 aromatic heterocycles. The van der Waals surface area contributed by atoms with Crippen molar-refractivity contribution >= 4 is 45.7 Å². The van der Waals surface area contributed by atoms with Crippen LogP contribution in [0.5, 0.6) is 17.2 Å². The van der Waals surface area contributed by atoms with Gasteiger partial charge in [-0.3, -0.25) is 14.4 Å². The van der Waals surface area contributed by atoms with Gasteiger partial charge >= 0.3 is 0 Å². The molecule has 3 N–H and O–H groups in total. The number of nitrogens with one attached hydrogen (secondary N) is 3. The predicted molar refractivity (Wildman–Crippen MR) is 169 cm³/mol. The number of amides is 2. The zero-order valence-electron chi connectivity index (χ0n) is 24.6. The Morgan fingerprint density at radius 3 is 2.52 bits per heavy atom. The Balaban J connectivity index is 1.84. The van der Waals surface area contributed by atoms with Gasteiger partial charge in [-0.25, -0.2) is 4.98 Å². The molecular weight excluding hydrogens is 576 g/mol. The molecule has 2 aromatic carbocycles. The number of hydrogen-bond acceptors (Lipinski definition) is 10. The molecule has 2 amide bonds. The third kappa shape index (κ3) is 6.81. The molecular formula is C30H36N4O6S2. The first-order valence-corrected chi connectivity index (χ1v) is 15.7. The summed E-state index contributed by atoms with van der Waals surface area (Å²) in [6.45, 7) is 3.32. The fourth-order valence-corrected chi connectivity index (χ4v) is 6.29. The van der Waals surface area contributed by atoms with E-state index in [1.54, 1.807) is 39.2 Å². The molecule has 0 radical (unpaired) electrons. The van der Waals surface area contributed by atoms with E-state index in [1.807, 2.05) is 30.7 Å². The molecule has 0 fully saturated rings. The molecule has 42 heavy (non-hydrogen) atoms. The van der Waals surface area contributed by atoms with E-state index in [0.29, 0.717) is 58.5 Å². The largest absolute Gasteiger partial charge is 0.493 e. The van der Waals surface area contributed by atoms with Crippen molar-refractivity contribution in [2.24, 2.45) is 0 Å². The van der Waals surface area contributed by atoms with Crippen LogP contribution in [-0.4, -0.2) is 56.2 Å². The normalized spacial score (nSPS) is 14.5. The highest BCUT2D eigenvalue weighted by Gasteiger charge is 2.30. The van der Waals surface area contributed by atoms with Crippen molar-refractivity contribution in [3.8, 4) is 28.4 Å². The lowest BCUT2D eigenvalue weighted by atomic mass is 9.95. The molecule has 1 aliphatic rings. The minimum Gasteiger partial charge on any atom is -0.493 e. The maximum atomic E-state index is 13.7. The highest BCUT2D eigenvalue weighted by Crippen LogP contribution is 2.50. The average Bonchev–Trinajstić information content (AvgIpc) is 3.23. The summed E-state index contributed by atoms with van der Waals surface area (Å²) in [7, 11) is 4.66.